The zero-order valence-electron chi connectivity index (χ0n) is 29.0. The van der Waals surface area contributed by atoms with E-state index in [-0.39, 0.29) is 29.7 Å². The highest BCUT2D eigenvalue weighted by molar-refractivity contribution is 6.47. The van der Waals surface area contributed by atoms with E-state index in [9.17, 15) is 14.4 Å². The number of oxazole rings is 1. The van der Waals surface area contributed by atoms with E-state index in [4.69, 9.17) is 15.1 Å². The molecule has 0 bridgehead atoms. The molecular formula is C37H36N12O4. The summed E-state index contributed by atoms with van der Waals surface area (Å²) in [5.74, 6) is -1.21. The Morgan fingerprint density at radius 2 is 1.68 bits per heavy atom. The maximum atomic E-state index is 13.1. The van der Waals surface area contributed by atoms with Gasteiger partial charge in [-0.25, -0.2) is 9.97 Å². The molecule has 0 atom stereocenters. The molecule has 2 aromatic carbocycles. The third-order valence-electron chi connectivity index (χ3n) is 8.85. The SMILES string of the molecule is Cc1ccc(NC(=O)c2ccc(CN3CCN(C)CC3)cc2)cc1Nc1nccc(-c2cncc(C3=NN=C(C(=O)Nc4nc(C(N)=O)co4)C3)c2)n1. The third-order valence-corrected chi connectivity index (χ3v) is 8.85. The van der Waals surface area contributed by atoms with Gasteiger partial charge in [-0.1, -0.05) is 18.2 Å². The molecule has 0 unspecified atom stereocenters. The highest BCUT2D eigenvalue weighted by Crippen LogP contribution is 2.26. The van der Waals surface area contributed by atoms with Crippen molar-refractivity contribution in [1.29, 1.82) is 0 Å². The minimum Gasteiger partial charge on any atom is -0.431 e. The number of primary amides is 1. The molecule has 0 saturated carbocycles. The number of rotatable bonds is 11. The quantitative estimate of drug-likeness (QED) is 0.155. The van der Waals surface area contributed by atoms with E-state index in [2.05, 4.69) is 58.0 Å². The second-order valence-corrected chi connectivity index (χ2v) is 12.7. The van der Waals surface area contributed by atoms with Gasteiger partial charge in [0.15, 0.2) is 5.69 Å². The lowest BCUT2D eigenvalue weighted by molar-refractivity contribution is -0.110. The topological polar surface area (TPSA) is 209 Å². The average Bonchev–Trinajstić information content (AvgIpc) is 3.86. The summed E-state index contributed by atoms with van der Waals surface area (Å²) in [5, 5.41) is 16.9. The first-order valence-corrected chi connectivity index (χ1v) is 16.8. The molecule has 268 valence electrons. The van der Waals surface area contributed by atoms with Crippen LogP contribution in [0.3, 0.4) is 0 Å². The zero-order valence-corrected chi connectivity index (χ0v) is 29.0. The Kier molecular flexibility index (Phi) is 10.0. The highest BCUT2D eigenvalue weighted by atomic mass is 16.4. The minimum atomic E-state index is -0.781. The second-order valence-electron chi connectivity index (χ2n) is 12.7. The number of aromatic nitrogens is 4. The predicted molar refractivity (Wildman–Crippen MR) is 199 cm³/mol. The number of likely N-dealkylation sites (N-methyl/N-ethyl adjacent to an activating group) is 1. The number of anilines is 4. The van der Waals surface area contributed by atoms with Crippen LogP contribution >= 0.6 is 0 Å². The van der Waals surface area contributed by atoms with E-state index in [1.165, 1.54) is 5.56 Å². The summed E-state index contributed by atoms with van der Waals surface area (Å²) < 4.78 is 5.07. The summed E-state index contributed by atoms with van der Waals surface area (Å²) in [4.78, 5) is 59.1. The van der Waals surface area contributed by atoms with Crippen LogP contribution in [0.1, 0.15) is 44.0 Å². The molecule has 0 aliphatic carbocycles. The van der Waals surface area contributed by atoms with Crippen LogP contribution in [0.15, 0.2) is 94.1 Å². The normalized spacial score (nSPS) is 14.7. The van der Waals surface area contributed by atoms with Gasteiger partial charge < -0.3 is 25.7 Å². The standard InChI is InChI=1S/C37H36N12O4/c1-22-3-8-27(41-34(51)24-6-4-23(5-7-24)20-49-13-11-48(2)12-14-49)16-29(22)43-36-40-10-9-28(42-36)25-15-26(19-39-18-25)30-17-31(47-46-30)35(52)45-37-44-32(21-53-37)33(38)50/h3-10,15-16,18-19,21H,11-14,17,20H2,1-2H3,(H2,38,50)(H,41,51)(H,40,42,43)(H,44,45,52). The van der Waals surface area contributed by atoms with Gasteiger partial charge in [0.2, 0.25) is 5.95 Å². The molecule has 2 aliphatic heterocycles. The van der Waals surface area contributed by atoms with E-state index in [0.717, 1.165) is 50.2 Å². The van der Waals surface area contributed by atoms with Crippen molar-refractivity contribution in [2.24, 2.45) is 15.9 Å². The average molecular weight is 713 g/mol. The van der Waals surface area contributed by atoms with Gasteiger partial charge in [-0.05, 0) is 61.5 Å². The number of hydrogen-bond donors (Lipinski definition) is 4. The summed E-state index contributed by atoms with van der Waals surface area (Å²) in [5.41, 5.74) is 11.7. The van der Waals surface area contributed by atoms with Gasteiger partial charge in [0, 0.05) is 85.8 Å². The van der Waals surface area contributed by atoms with Crippen LogP contribution in [0, 0.1) is 6.92 Å². The fourth-order valence-corrected chi connectivity index (χ4v) is 5.75. The van der Waals surface area contributed by atoms with E-state index >= 15 is 0 Å². The first-order chi connectivity index (χ1) is 25.7. The maximum Gasteiger partial charge on any atom is 0.302 e. The Hall–Kier alpha value is -6.65. The number of carbonyl (C=O) groups excluding carboxylic acids is 3. The fourth-order valence-electron chi connectivity index (χ4n) is 5.75. The summed E-state index contributed by atoms with van der Waals surface area (Å²) in [6.45, 7) is 7.02. The monoisotopic (exact) mass is 712 g/mol. The third kappa shape index (κ3) is 8.46. The van der Waals surface area contributed by atoms with Gasteiger partial charge in [-0.3, -0.25) is 29.6 Å². The first kappa shape index (κ1) is 34.8. The summed E-state index contributed by atoms with van der Waals surface area (Å²) in [6.07, 6.45) is 6.11. The first-order valence-electron chi connectivity index (χ1n) is 16.8. The van der Waals surface area contributed by atoms with Crippen molar-refractivity contribution in [1.82, 2.24) is 29.7 Å². The molecule has 1 saturated heterocycles. The number of carbonyl (C=O) groups is 3. The smallest absolute Gasteiger partial charge is 0.302 e. The molecule has 5 aromatic rings. The Labute approximate surface area is 304 Å². The van der Waals surface area contributed by atoms with Crippen molar-refractivity contribution in [3.63, 3.8) is 0 Å². The fraction of sp³-hybridized carbons (Fsp3) is 0.216. The van der Waals surface area contributed by atoms with Crippen molar-refractivity contribution in [3.8, 4) is 11.3 Å². The van der Waals surface area contributed by atoms with E-state index in [1.54, 1.807) is 24.7 Å². The molecule has 0 radical (unpaired) electrons. The molecule has 16 nitrogen and oxygen atoms in total. The van der Waals surface area contributed by atoms with Crippen molar-refractivity contribution < 1.29 is 18.8 Å². The largest absolute Gasteiger partial charge is 0.431 e. The van der Waals surface area contributed by atoms with Gasteiger partial charge in [-0.2, -0.15) is 10.1 Å². The molecule has 3 aromatic heterocycles. The van der Waals surface area contributed by atoms with Gasteiger partial charge >= 0.3 is 6.01 Å². The van der Waals surface area contributed by atoms with Crippen LogP contribution in [0.5, 0.6) is 0 Å². The molecule has 7 rings (SSSR count). The number of nitrogens with one attached hydrogen (secondary N) is 3. The van der Waals surface area contributed by atoms with Crippen LogP contribution in [0.25, 0.3) is 11.3 Å². The number of pyridine rings is 1. The molecule has 5 heterocycles. The molecular weight excluding hydrogens is 676 g/mol. The Bertz CT molecular complexity index is 2240. The van der Waals surface area contributed by atoms with Crippen molar-refractivity contribution in [2.75, 3.05) is 49.2 Å². The van der Waals surface area contributed by atoms with Gasteiger partial charge in [0.1, 0.15) is 12.0 Å². The number of aryl methyl sites for hydroxylation is 1. The van der Waals surface area contributed by atoms with Crippen LogP contribution in [0.2, 0.25) is 0 Å². The number of nitrogens with zero attached hydrogens (tertiary/aromatic N) is 8. The Morgan fingerprint density at radius 3 is 2.45 bits per heavy atom. The summed E-state index contributed by atoms with van der Waals surface area (Å²) in [6, 6.07) is 16.8. The lowest BCUT2D eigenvalue weighted by Crippen LogP contribution is -2.43. The predicted octanol–water partition coefficient (Wildman–Crippen LogP) is 3.86. The van der Waals surface area contributed by atoms with Gasteiger partial charge in [0.05, 0.1) is 11.4 Å². The molecule has 1 fully saturated rings. The molecule has 53 heavy (non-hydrogen) atoms. The number of nitrogens with two attached hydrogens (primary N) is 1. The van der Waals surface area contributed by atoms with Crippen LogP contribution < -0.4 is 21.7 Å². The summed E-state index contributed by atoms with van der Waals surface area (Å²) in [7, 11) is 2.14. The molecule has 2 aliphatic rings. The number of hydrogen-bond acceptors (Lipinski definition) is 13. The van der Waals surface area contributed by atoms with Crippen LogP contribution in [0.4, 0.5) is 23.3 Å². The number of piperazine rings is 1. The second kappa shape index (κ2) is 15.3. The van der Waals surface area contributed by atoms with Crippen molar-refractivity contribution in [2.45, 2.75) is 19.9 Å². The maximum absolute atomic E-state index is 13.1. The molecule has 3 amide bonds. The van der Waals surface area contributed by atoms with E-state index in [1.807, 2.05) is 55.5 Å². The molecule has 16 heteroatoms. The van der Waals surface area contributed by atoms with Crippen LogP contribution in [-0.4, -0.2) is 92.1 Å². The van der Waals surface area contributed by atoms with Crippen LogP contribution in [-0.2, 0) is 11.3 Å². The lowest BCUT2D eigenvalue weighted by atomic mass is 10.0. The zero-order chi connectivity index (χ0) is 36.9. The molecule has 0 spiro atoms. The Balaban J connectivity index is 0.972. The number of amides is 3. The van der Waals surface area contributed by atoms with Gasteiger partial charge in [-0.15, -0.1) is 5.10 Å². The highest BCUT2D eigenvalue weighted by Gasteiger charge is 2.23. The van der Waals surface area contributed by atoms with E-state index < -0.39 is 11.8 Å². The van der Waals surface area contributed by atoms with E-state index in [0.29, 0.717) is 39.7 Å². The minimum absolute atomic E-state index is 0.113. The van der Waals surface area contributed by atoms with Crippen molar-refractivity contribution in [3.05, 3.63) is 107 Å². The van der Waals surface area contributed by atoms with Gasteiger partial charge in [0.25, 0.3) is 17.7 Å². The lowest BCUT2D eigenvalue weighted by Gasteiger charge is -2.32. The number of benzene rings is 2. The molecule has 5 N–H and O–H groups in total. The Morgan fingerprint density at radius 1 is 0.887 bits per heavy atom. The summed E-state index contributed by atoms with van der Waals surface area (Å²) >= 11 is 0. The van der Waals surface area contributed by atoms with Crippen molar-refractivity contribution >= 4 is 52.5 Å².